The van der Waals surface area contributed by atoms with Crippen molar-refractivity contribution in [3.8, 4) is 11.1 Å². The van der Waals surface area contributed by atoms with Crippen LogP contribution in [0.1, 0.15) is 36.8 Å². The third-order valence-electron chi connectivity index (χ3n) is 6.88. The zero-order valence-corrected chi connectivity index (χ0v) is 19.4. The predicted molar refractivity (Wildman–Crippen MR) is 125 cm³/mol. The molecule has 1 saturated carbocycles. The van der Waals surface area contributed by atoms with Gasteiger partial charge in [0.1, 0.15) is 6.61 Å². The lowest BCUT2D eigenvalue weighted by molar-refractivity contribution is -0.150. The Kier molecular flexibility index (Phi) is 6.88. The highest BCUT2D eigenvalue weighted by atomic mass is 16.5. The summed E-state index contributed by atoms with van der Waals surface area (Å²) in [6, 6.07) is 16.3. The molecule has 0 spiro atoms. The first-order valence-corrected chi connectivity index (χ1v) is 11.5. The summed E-state index contributed by atoms with van der Waals surface area (Å²) in [6.45, 7) is 2.10. The van der Waals surface area contributed by atoms with Gasteiger partial charge in [0.05, 0.1) is 6.61 Å². The predicted octanol–water partition coefficient (Wildman–Crippen LogP) is 3.16. The Morgan fingerprint density at radius 1 is 1.06 bits per heavy atom. The number of carbonyl (C=O) groups is 3. The Bertz CT molecular complexity index is 1040. The minimum atomic E-state index is -1.45. The number of carboxylic acids is 1. The minimum absolute atomic E-state index is 0.0171. The van der Waals surface area contributed by atoms with Crippen LogP contribution in [0.2, 0.25) is 0 Å². The summed E-state index contributed by atoms with van der Waals surface area (Å²) in [7, 11) is 1.40. The Balaban J connectivity index is 1.27. The van der Waals surface area contributed by atoms with E-state index in [-0.39, 0.29) is 43.3 Å². The summed E-state index contributed by atoms with van der Waals surface area (Å²) in [5, 5.41) is 14.9. The minimum Gasteiger partial charge on any atom is -0.479 e. The van der Waals surface area contributed by atoms with E-state index < -0.39 is 17.6 Å². The molecule has 3 atom stereocenters. The Hall–Kier alpha value is -3.39. The van der Waals surface area contributed by atoms with E-state index >= 15 is 0 Å². The van der Waals surface area contributed by atoms with Gasteiger partial charge in [0.15, 0.2) is 5.54 Å². The van der Waals surface area contributed by atoms with Crippen LogP contribution in [0.4, 0.5) is 4.79 Å². The lowest BCUT2D eigenvalue weighted by atomic mass is 9.97. The van der Waals surface area contributed by atoms with Crippen molar-refractivity contribution in [2.24, 2.45) is 11.8 Å². The standard InChI is InChI=1S/C26H30N2O6/c1-3-26(15-33-2,24(30)31)28-23(29)21-12-16(21)13-27-25(32)34-14-22-19-10-6-4-8-17(19)18-9-5-7-11-20(18)22/h4-11,16,21-22H,3,12-15H2,1-2H3,(H,27,32)(H,28,29)(H,30,31). The molecular weight excluding hydrogens is 436 g/mol. The molecule has 0 aromatic heterocycles. The topological polar surface area (TPSA) is 114 Å². The molecular formula is C26H30N2O6. The summed E-state index contributed by atoms with van der Waals surface area (Å²) < 4.78 is 10.5. The van der Waals surface area contributed by atoms with Gasteiger partial charge in [-0.3, -0.25) is 4.79 Å². The van der Waals surface area contributed by atoms with E-state index in [1.807, 2.05) is 24.3 Å². The molecule has 1 fully saturated rings. The fourth-order valence-electron chi connectivity index (χ4n) is 4.73. The summed E-state index contributed by atoms with van der Waals surface area (Å²) in [4.78, 5) is 36.6. The van der Waals surface area contributed by atoms with E-state index in [0.717, 1.165) is 22.3 Å². The van der Waals surface area contributed by atoms with Gasteiger partial charge < -0.3 is 25.2 Å². The molecule has 2 aliphatic carbocycles. The first-order valence-electron chi connectivity index (χ1n) is 11.5. The molecule has 2 aliphatic rings. The average molecular weight is 467 g/mol. The van der Waals surface area contributed by atoms with Crippen LogP contribution in [-0.4, -0.2) is 55.5 Å². The monoisotopic (exact) mass is 466 g/mol. The van der Waals surface area contributed by atoms with Crippen molar-refractivity contribution in [3.63, 3.8) is 0 Å². The molecule has 2 aromatic rings. The van der Waals surface area contributed by atoms with Crippen LogP contribution in [0, 0.1) is 11.8 Å². The third kappa shape index (κ3) is 4.63. The maximum Gasteiger partial charge on any atom is 0.407 e. The van der Waals surface area contributed by atoms with Gasteiger partial charge in [-0.15, -0.1) is 0 Å². The van der Waals surface area contributed by atoms with Crippen LogP contribution < -0.4 is 10.6 Å². The number of alkyl carbamates (subject to hydrolysis) is 1. The normalized spacial score (nSPS) is 19.9. The highest BCUT2D eigenvalue weighted by Gasteiger charge is 2.47. The second-order valence-corrected chi connectivity index (χ2v) is 8.97. The molecule has 0 radical (unpaired) electrons. The molecule has 0 bridgehead atoms. The number of aliphatic carboxylic acids is 1. The molecule has 0 saturated heterocycles. The molecule has 8 nitrogen and oxygen atoms in total. The lowest BCUT2D eigenvalue weighted by Gasteiger charge is -2.28. The number of carbonyl (C=O) groups excluding carboxylic acids is 2. The van der Waals surface area contributed by atoms with Gasteiger partial charge in [-0.05, 0) is 41.0 Å². The van der Waals surface area contributed by atoms with E-state index in [2.05, 4.69) is 34.9 Å². The second-order valence-electron chi connectivity index (χ2n) is 8.97. The van der Waals surface area contributed by atoms with Crippen molar-refractivity contribution in [3.05, 3.63) is 59.7 Å². The Morgan fingerprint density at radius 2 is 1.68 bits per heavy atom. The van der Waals surface area contributed by atoms with Crippen LogP contribution in [0.15, 0.2) is 48.5 Å². The van der Waals surface area contributed by atoms with E-state index in [1.165, 1.54) is 7.11 Å². The van der Waals surface area contributed by atoms with Gasteiger partial charge >= 0.3 is 12.1 Å². The molecule has 2 aromatic carbocycles. The zero-order valence-electron chi connectivity index (χ0n) is 19.4. The maximum absolute atomic E-state index is 12.6. The average Bonchev–Trinajstić information content (AvgIpc) is 3.56. The largest absolute Gasteiger partial charge is 0.479 e. The number of carboxylic acid groups (broad SMARTS) is 1. The van der Waals surface area contributed by atoms with Gasteiger partial charge in [-0.25, -0.2) is 9.59 Å². The van der Waals surface area contributed by atoms with E-state index in [4.69, 9.17) is 9.47 Å². The Labute approximate surface area is 198 Å². The van der Waals surface area contributed by atoms with Gasteiger partial charge in [0.25, 0.3) is 0 Å². The lowest BCUT2D eigenvalue weighted by Crippen LogP contribution is -2.57. The van der Waals surface area contributed by atoms with Crippen molar-refractivity contribution in [1.29, 1.82) is 0 Å². The van der Waals surface area contributed by atoms with Crippen LogP contribution >= 0.6 is 0 Å². The molecule has 0 heterocycles. The number of methoxy groups -OCH3 is 1. The second kappa shape index (κ2) is 9.85. The molecule has 3 N–H and O–H groups in total. The zero-order chi connectivity index (χ0) is 24.3. The fourth-order valence-corrected chi connectivity index (χ4v) is 4.73. The van der Waals surface area contributed by atoms with Crippen LogP contribution in [0.25, 0.3) is 11.1 Å². The van der Waals surface area contributed by atoms with E-state index in [0.29, 0.717) is 13.0 Å². The molecule has 0 aliphatic heterocycles. The molecule has 2 amide bonds. The SMILES string of the molecule is CCC(COC)(NC(=O)C1CC1CNC(=O)OCC1c2ccccc2-c2ccccc21)C(=O)O. The number of ether oxygens (including phenoxy) is 2. The first kappa shape index (κ1) is 23.8. The summed E-state index contributed by atoms with van der Waals surface area (Å²) in [5.41, 5.74) is 3.17. The van der Waals surface area contributed by atoms with Gasteiger partial charge in [-0.1, -0.05) is 55.5 Å². The summed E-state index contributed by atoms with van der Waals surface area (Å²) in [5.74, 6) is -1.86. The number of hydrogen-bond donors (Lipinski definition) is 3. The Morgan fingerprint density at radius 3 is 2.24 bits per heavy atom. The smallest absolute Gasteiger partial charge is 0.407 e. The number of fused-ring (bicyclic) bond motifs is 3. The number of benzene rings is 2. The fraction of sp³-hybridized carbons (Fsp3) is 0.423. The molecule has 4 rings (SSSR count). The number of rotatable bonds is 10. The van der Waals surface area contributed by atoms with Crippen LogP contribution in [-0.2, 0) is 19.1 Å². The third-order valence-corrected chi connectivity index (χ3v) is 6.88. The van der Waals surface area contributed by atoms with Crippen LogP contribution in [0.3, 0.4) is 0 Å². The van der Waals surface area contributed by atoms with Crippen molar-refractivity contribution in [2.75, 3.05) is 26.9 Å². The molecule has 180 valence electrons. The first-order chi connectivity index (χ1) is 16.4. The van der Waals surface area contributed by atoms with E-state index in [1.54, 1.807) is 6.92 Å². The highest BCUT2D eigenvalue weighted by Crippen LogP contribution is 2.44. The molecule has 8 heteroatoms. The molecule has 34 heavy (non-hydrogen) atoms. The number of hydrogen-bond acceptors (Lipinski definition) is 5. The van der Waals surface area contributed by atoms with Gasteiger partial charge in [-0.2, -0.15) is 0 Å². The van der Waals surface area contributed by atoms with Crippen molar-refractivity contribution >= 4 is 18.0 Å². The van der Waals surface area contributed by atoms with E-state index in [9.17, 15) is 19.5 Å². The summed E-state index contributed by atoms with van der Waals surface area (Å²) in [6.07, 6.45) is 0.264. The van der Waals surface area contributed by atoms with Crippen molar-refractivity contribution in [2.45, 2.75) is 31.2 Å². The quantitative estimate of drug-likeness (QED) is 0.496. The van der Waals surface area contributed by atoms with Gasteiger partial charge in [0, 0.05) is 25.5 Å². The van der Waals surface area contributed by atoms with Gasteiger partial charge in [0.2, 0.25) is 5.91 Å². The highest BCUT2D eigenvalue weighted by molar-refractivity contribution is 5.89. The number of amides is 2. The van der Waals surface area contributed by atoms with Crippen LogP contribution in [0.5, 0.6) is 0 Å². The number of nitrogens with one attached hydrogen (secondary N) is 2. The molecule has 3 unspecified atom stereocenters. The summed E-state index contributed by atoms with van der Waals surface area (Å²) >= 11 is 0. The van der Waals surface area contributed by atoms with Crippen molar-refractivity contribution < 1.29 is 29.0 Å². The maximum atomic E-state index is 12.6. The van der Waals surface area contributed by atoms with Crippen molar-refractivity contribution in [1.82, 2.24) is 10.6 Å².